The minimum Gasteiger partial charge on any atom is -0.331 e. The molecule has 1 atom stereocenters. The minimum absolute atomic E-state index is 0.470. The molecule has 0 spiro atoms. The van der Waals surface area contributed by atoms with E-state index in [2.05, 4.69) is 28.4 Å². The summed E-state index contributed by atoms with van der Waals surface area (Å²) in [6, 6.07) is 7.08. The van der Waals surface area contributed by atoms with Gasteiger partial charge < -0.3 is 9.55 Å². The van der Waals surface area contributed by atoms with Gasteiger partial charge in [0.05, 0.1) is 11.0 Å². The van der Waals surface area contributed by atoms with Crippen molar-refractivity contribution in [1.29, 1.82) is 0 Å². The van der Waals surface area contributed by atoms with E-state index >= 15 is 0 Å². The van der Waals surface area contributed by atoms with Crippen LogP contribution in [0, 0.1) is 4.77 Å². The van der Waals surface area contributed by atoms with Crippen molar-refractivity contribution in [3.63, 3.8) is 0 Å². The van der Waals surface area contributed by atoms with Gasteiger partial charge in [0.25, 0.3) is 0 Å². The number of H-pyrrole nitrogens is 1. The average molecular weight is 296 g/mol. The fraction of sp³-hybridized carbons (Fsp3) is 0.500. The van der Waals surface area contributed by atoms with E-state index < -0.39 is 0 Å². The number of fused-ring (bicyclic) bond motifs is 1. The molecule has 19 heavy (non-hydrogen) atoms. The highest BCUT2D eigenvalue weighted by atomic mass is 35.5. The van der Waals surface area contributed by atoms with Crippen molar-refractivity contribution in [2.24, 2.45) is 0 Å². The molecule has 2 aromatic rings. The van der Waals surface area contributed by atoms with Gasteiger partial charge in [-0.2, -0.15) is 0 Å². The molecule has 1 heterocycles. The number of nitrogens with zero attached hydrogens (tertiary/aromatic N) is 2. The predicted molar refractivity (Wildman–Crippen MR) is 82.4 cm³/mol. The molecule has 3 rings (SSSR count). The van der Waals surface area contributed by atoms with E-state index in [9.17, 15) is 0 Å². The maximum absolute atomic E-state index is 6.09. The number of imidazole rings is 1. The lowest BCUT2D eigenvalue weighted by molar-refractivity contribution is 0.226. The molecule has 0 radical (unpaired) electrons. The van der Waals surface area contributed by atoms with E-state index in [0.717, 1.165) is 33.4 Å². The van der Waals surface area contributed by atoms with Crippen LogP contribution in [0.3, 0.4) is 0 Å². The van der Waals surface area contributed by atoms with Crippen LogP contribution in [0.4, 0.5) is 0 Å². The van der Waals surface area contributed by atoms with Crippen molar-refractivity contribution in [2.75, 3.05) is 7.05 Å². The molecule has 1 aliphatic carbocycles. The van der Waals surface area contributed by atoms with Crippen LogP contribution in [-0.4, -0.2) is 33.6 Å². The van der Waals surface area contributed by atoms with Gasteiger partial charge in [-0.15, -0.1) is 0 Å². The van der Waals surface area contributed by atoms with Crippen molar-refractivity contribution in [3.05, 3.63) is 28.0 Å². The highest BCUT2D eigenvalue weighted by molar-refractivity contribution is 7.71. The Labute approximate surface area is 123 Å². The maximum atomic E-state index is 6.09. The normalized spacial score (nSPS) is 17.3. The van der Waals surface area contributed by atoms with Gasteiger partial charge in [-0.05, 0) is 57.2 Å². The van der Waals surface area contributed by atoms with Crippen molar-refractivity contribution in [3.8, 4) is 0 Å². The first-order valence-corrected chi connectivity index (χ1v) is 7.45. The number of likely N-dealkylation sites (N-methyl/N-ethyl adjacent to an activating group) is 1. The van der Waals surface area contributed by atoms with Crippen molar-refractivity contribution in [1.82, 2.24) is 14.5 Å². The van der Waals surface area contributed by atoms with Gasteiger partial charge in [0.1, 0.15) is 0 Å². The minimum atomic E-state index is 0.470. The molecule has 0 amide bonds. The monoisotopic (exact) mass is 295 g/mol. The van der Waals surface area contributed by atoms with Gasteiger partial charge >= 0.3 is 0 Å². The second kappa shape index (κ2) is 4.93. The standard InChI is InChI=1S/C14H18ClN3S/c1-9(17(2)11-4-5-11)8-18-13-7-10(15)3-6-12(13)16-14(18)19/h3,6-7,9,11H,4-5,8H2,1-2H3,(H,16,19). The molecule has 1 fully saturated rings. The fourth-order valence-electron chi connectivity index (χ4n) is 2.54. The lowest BCUT2D eigenvalue weighted by Crippen LogP contribution is -2.34. The number of hydrogen-bond donors (Lipinski definition) is 1. The quantitative estimate of drug-likeness (QED) is 0.867. The smallest absolute Gasteiger partial charge is 0.178 e. The first-order valence-electron chi connectivity index (χ1n) is 6.66. The average Bonchev–Trinajstić information content (AvgIpc) is 3.17. The van der Waals surface area contributed by atoms with Crippen molar-refractivity contribution >= 4 is 34.9 Å². The first-order chi connectivity index (χ1) is 9.06. The van der Waals surface area contributed by atoms with Crippen LogP contribution in [0.1, 0.15) is 19.8 Å². The molecule has 0 bridgehead atoms. The van der Waals surface area contributed by atoms with Gasteiger partial charge in [0.2, 0.25) is 0 Å². The highest BCUT2D eigenvalue weighted by Gasteiger charge is 2.29. The second-order valence-corrected chi connectivity index (χ2v) is 6.27. The third kappa shape index (κ3) is 2.57. The number of benzene rings is 1. The number of aromatic nitrogens is 2. The molecule has 0 saturated heterocycles. The molecule has 1 aromatic heterocycles. The summed E-state index contributed by atoms with van der Waals surface area (Å²) >= 11 is 11.5. The number of nitrogens with one attached hydrogen (secondary N) is 1. The summed E-state index contributed by atoms with van der Waals surface area (Å²) in [5.74, 6) is 0. The lowest BCUT2D eigenvalue weighted by atomic mass is 10.2. The molecule has 102 valence electrons. The van der Waals surface area contributed by atoms with Crippen molar-refractivity contribution < 1.29 is 0 Å². The number of aromatic amines is 1. The Bertz CT molecular complexity index is 656. The Hall–Kier alpha value is -0.840. The number of halogens is 1. The summed E-state index contributed by atoms with van der Waals surface area (Å²) in [6.07, 6.45) is 2.65. The number of rotatable bonds is 4. The van der Waals surface area contributed by atoms with Gasteiger partial charge in [-0.25, -0.2) is 0 Å². The Morgan fingerprint density at radius 2 is 2.26 bits per heavy atom. The second-order valence-electron chi connectivity index (χ2n) is 5.45. The summed E-state index contributed by atoms with van der Waals surface area (Å²) in [6.45, 7) is 3.15. The van der Waals surface area contributed by atoms with Crippen LogP contribution in [0.25, 0.3) is 11.0 Å². The topological polar surface area (TPSA) is 24.0 Å². The lowest BCUT2D eigenvalue weighted by Gasteiger charge is -2.25. The zero-order valence-corrected chi connectivity index (χ0v) is 12.8. The van der Waals surface area contributed by atoms with Gasteiger partial charge in [-0.1, -0.05) is 11.6 Å². The summed E-state index contributed by atoms with van der Waals surface area (Å²) in [5, 5.41) is 0.749. The summed E-state index contributed by atoms with van der Waals surface area (Å²) in [4.78, 5) is 5.69. The third-order valence-electron chi connectivity index (χ3n) is 4.00. The molecule has 1 unspecified atom stereocenters. The maximum Gasteiger partial charge on any atom is 0.178 e. The van der Waals surface area contributed by atoms with E-state index in [4.69, 9.17) is 23.8 Å². The summed E-state index contributed by atoms with van der Waals surface area (Å²) in [5.41, 5.74) is 2.14. The van der Waals surface area contributed by atoms with Crippen LogP contribution in [0.5, 0.6) is 0 Å². The Morgan fingerprint density at radius 1 is 1.53 bits per heavy atom. The molecular weight excluding hydrogens is 278 g/mol. The SMILES string of the molecule is CC(Cn1c(=S)[nH]c2ccc(Cl)cc21)N(C)C1CC1. The highest BCUT2D eigenvalue weighted by Crippen LogP contribution is 2.28. The summed E-state index contributed by atoms with van der Waals surface area (Å²) in [7, 11) is 2.20. The number of hydrogen-bond acceptors (Lipinski definition) is 2. The van der Waals surface area contributed by atoms with E-state index in [1.54, 1.807) is 0 Å². The molecule has 3 nitrogen and oxygen atoms in total. The third-order valence-corrected chi connectivity index (χ3v) is 4.56. The van der Waals surface area contributed by atoms with E-state index in [0.29, 0.717) is 6.04 Å². The van der Waals surface area contributed by atoms with Crippen LogP contribution in [-0.2, 0) is 6.54 Å². The Morgan fingerprint density at radius 3 is 2.95 bits per heavy atom. The molecule has 0 aliphatic heterocycles. The van der Waals surface area contributed by atoms with Crippen molar-refractivity contribution in [2.45, 2.75) is 38.4 Å². The van der Waals surface area contributed by atoms with Gasteiger partial charge in [0, 0.05) is 23.7 Å². The molecule has 1 saturated carbocycles. The van der Waals surface area contributed by atoms with Crippen LogP contribution in [0.2, 0.25) is 5.02 Å². The van der Waals surface area contributed by atoms with E-state index in [1.807, 2.05) is 18.2 Å². The fourth-order valence-corrected chi connectivity index (χ4v) is 2.99. The molecule has 1 aliphatic rings. The molecule has 5 heteroatoms. The summed E-state index contributed by atoms with van der Waals surface area (Å²) < 4.78 is 2.92. The van der Waals surface area contributed by atoms with E-state index in [-0.39, 0.29) is 0 Å². The molecular formula is C14H18ClN3S. The molecule has 1 aromatic carbocycles. The first kappa shape index (κ1) is 13.2. The zero-order chi connectivity index (χ0) is 13.6. The zero-order valence-electron chi connectivity index (χ0n) is 11.2. The van der Waals surface area contributed by atoms with Crippen LogP contribution in [0.15, 0.2) is 18.2 Å². The molecule has 1 N–H and O–H groups in total. The van der Waals surface area contributed by atoms with Gasteiger partial charge in [-0.3, -0.25) is 4.90 Å². The van der Waals surface area contributed by atoms with E-state index in [1.165, 1.54) is 12.8 Å². The Balaban J connectivity index is 1.93. The Kier molecular flexibility index (Phi) is 3.41. The van der Waals surface area contributed by atoms with Gasteiger partial charge in [0.15, 0.2) is 4.77 Å². The largest absolute Gasteiger partial charge is 0.331 e. The van der Waals surface area contributed by atoms with Crippen LogP contribution < -0.4 is 0 Å². The predicted octanol–water partition coefficient (Wildman–Crippen LogP) is 3.83. The van der Waals surface area contributed by atoms with Crippen LogP contribution >= 0.6 is 23.8 Å².